The quantitative estimate of drug-likeness (QED) is 0.515. The van der Waals surface area contributed by atoms with Crippen molar-refractivity contribution in [2.75, 3.05) is 13.1 Å². The fourth-order valence-electron chi connectivity index (χ4n) is 3.15. The Morgan fingerprint density at radius 2 is 1.93 bits per heavy atom. The summed E-state index contributed by atoms with van der Waals surface area (Å²) in [7, 11) is 0. The van der Waals surface area contributed by atoms with Gasteiger partial charge < -0.3 is 20.4 Å². The first-order valence-corrected chi connectivity index (χ1v) is 10.2. The molecule has 0 saturated carbocycles. The van der Waals surface area contributed by atoms with Gasteiger partial charge in [-0.25, -0.2) is 4.98 Å². The van der Waals surface area contributed by atoms with Crippen LogP contribution in [0, 0.1) is 5.92 Å². The SMILES string of the molecule is CCCN(CCc1cccc(O)c1O)C(=O)[C@@H](NC(=O)c1cnccn1)C(C)CC. The summed E-state index contributed by atoms with van der Waals surface area (Å²) in [6.07, 6.45) is 6.13. The van der Waals surface area contributed by atoms with Gasteiger partial charge >= 0.3 is 0 Å². The third kappa shape index (κ3) is 5.92. The molecule has 1 unspecified atom stereocenters. The van der Waals surface area contributed by atoms with Gasteiger partial charge in [-0.15, -0.1) is 0 Å². The summed E-state index contributed by atoms with van der Waals surface area (Å²) in [6.45, 7) is 6.74. The van der Waals surface area contributed by atoms with Crippen molar-refractivity contribution >= 4 is 11.8 Å². The van der Waals surface area contributed by atoms with Crippen LogP contribution in [0.5, 0.6) is 11.5 Å². The van der Waals surface area contributed by atoms with E-state index in [4.69, 9.17) is 0 Å². The van der Waals surface area contributed by atoms with Gasteiger partial charge in [-0.2, -0.15) is 0 Å². The van der Waals surface area contributed by atoms with Gasteiger partial charge in [0.25, 0.3) is 5.91 Å². The van der Waals surface area contributed by atoms with Crippen molar-refractivity contribution in [2.45, 2.75) is 46.1 Å². The molecular formula is C22H30N4O4. The molecule has 162 valence electrons. The lowest BCUT2D eigenvalue weighted by atomic mass is 9.97. The number of phenols is 2. The van der Waals surface area contributed by atoms with Crippen LogP contribution in [0.15, 0.2) is 36.8 Å². The number of benzene rings is 1. The number of aromatic nitrogens is 2. The highest BCUT2D eigenvalue weighted by molar-refractivity contribution is 5.96. The second kappa shape index (κ2) is 11.1. The van der Waals surface area contributed by atoms with E-state index in [9.17, 15) is 19.8 Å². The number of aromatic hydroxyl groups is 2. The molecule has 8 heteroatoms. The maximum absolute atomic E-state index is 13.3. The van der Waals surface area contributed by atoms with E-state index in [-0.39, 0.29) is 29.0 Å². The molecule has 0 fully saturated rings. The number of carbonyl (C=O) groups is 2. The smallest absolute Gasteiger partial charge is 0.272 e. The van der Waals surface area contributed by atoms with Crippen LogP contribution in [0.1, 0.15) is 49.7 Å². The molecule has 0 aliphatic heterocycles. The normalized spacial score (nSPS) is 12.8. The van der Waals surface area contributed by atoms with Gasteiger partial charge in [0, 0.05) is 25.5 Å². The van der Waals surface area contributed by atoms with Gasteiger partial charge in [-0.05, 0) is 30.4 Å². The zero-order valence-corrected chi connectivity index (χ0v) is 17.7. The van der Waals surface area contributed by atoms with Crippen molar-refractivity contribution in [3.63, 3.8) is 0 Å². The average Bonchev–Trinajstić information content (AvgIpc) is 2.77. The zero-order valence-electron chi connectivity index (χ0n) is 17.7. The first-order chi connectivity index (χ1) is 14.4. The van der Waals surface area contributed by atoms with E-state index in [1.165, 1.54) is 24.7 Å². The Morgan fingerprint density at radius 1 is 1.17 bits per heavy atom. The minimum Gasteiger partial charge on any atom is -0.504 e. The number of hydrogen-bond acceptors (Lipinski definition) is 6. The van der Waals surface area contributed by atoms with E-state index in [2.05, 4.69) is 15.3 Å². The van der Waals surface area contributed by atoms with Crippen molar-refractivity contribution in [3.05, 3.63) is 48.0 Å². The molecular weight excluding hydrogens is 384 g/mol. The Morgan fingerprint density at radius 3 is 2.57 bits per heavy atom. The minimum atomic E-state index is -0.700. The summed E-state index contributed by atoms with van der Waals surface area (Å²) in [6, 6.07) is 4.08. The summed E-state index contributed by atoms with van der Waals surface area (Å²) in [4.78, 5) is 35.5. The molecule has 2 rings (SSSR count). The molecule has 1 aromatic carbocycles. The molecule has 3 N–H and O–H groups in total. The molecule has 2 atom stereocenters. The highest BCUT2D eigenvalue weighted by Gasteiger charge is 2.30. The van der Waals surface area contributed by atoms with Crippen molar-refractivity contribution in [1.29, 1.82) is 0 Å². The highest BCUT2D eigenvalue weighted by atomic mass is 16.3. The van der Waals surface area contributed by atoms with Crippen LogP contribution in [0.3, 0.4) is 0 Å². The van der Waals surface area contributed by atoms with Crippen LogP contribution in [0.25, 0.3) is 0 Å². The Hall–Kier alpha value is -3.16. The summed E-state index contributed by atoms with van der Waals surface area (Å²) >= 11 is 0. The fourth-order valence-corrected chi connectivity index (χ4v) is 3.15. The van der Waals surface area contributed by atoms with Gasteiger partial charge in [-0.3, -0.25) is 14.6 Å². The van der Waals surface area contributed by atoms with Gasteiger partial charge in [0.1, 0.15) is 11.7 Å². The number of amides is 2. The van der Waals surface area contributed by atoms with Gasteiger partial charge in [-0.1, -0.05) is 39.3 Å². The molecule has 0 aliphatic rings. The first-order valence-electron chi connectivity index (χ1n) is 10.2. The van der Waals surface area contributed by atoms with Crippen molar-refractivity contribution in [2.24, 2.45) is 5.92 Å². The van der Waals surface area contributed by atoms with Crippen LogP contribution in [-0.4, -0.2) is 56.0 Å². The van der Waals surface area contributed by atoms with Gasteiger partial charge in [0.2, 0.25) is 5.91 Å². The number of hydrogen-bond donors (Lipinski definition) is 3. The topological polar surface area (TPSA) is 116 Å². The molecule has 0 spiro atoms. The Bertz CT molecular complexity index is 844. The van der Waals surface area contributed by atoms with Crippen LogP contribution in [0.4, 0.5) is 0 Å². The van der Waals surface area contributed by atoms with Crippen LogP contribution < -0.4 is 5.32 Å². The fraction of sp³-hybridized carbons (Fsp3) is 0.455. The predicted molar refractivity (Wildman–Crippen MR) is 113 cm³/mol. The predicted octanol–water partition coefficient (Wildman–Crippen LogP) is 2.51. The number of rotatable bonds is 10. The molecule has 2 aromatic rings. The van der Waals surface area contributed by atoms with Crippen molar-refractivity contribution in [3.8, 4) is 11.5 Å². The molecule has 1 aromatic heterocycles. The highest BCUT2D eigenvalue weighted by Crippen LogP contribution is 2.28. The van der Waals surface area contributed by atoms with Gasteiger partial charge in [0.15, 0.2) is 11.5 Å². The second-order valence-corrected chi connectivity index (χ2v) is 7.29. The van der Waals surface area contributed by atoms with Gasteiger partial charge in [0.05, 0.1) is 6.20 Å². The Kier molecular flexibility index (Phi) is 8.58. The maximum atomic E-state index is 13.3. The Balaban J connectivity index is 2.16. The second-order valence-electron chi connectivity index (χ2n) is 7.29. The largest absolute Gasteiger partial charge is 0.504 e. The molecule has 0 aliphatic carbocycles. The molecule has 2 amide bonds. The molecule has 0 saturated heterocycles. The van der Waals surface area contributed by atoms with E-state index in [1.54, 1.807) is 17.0 Å². The zero-order chi connectivity index (χ0) is 22.1. The number of nitrogens with one attached hydrogen (secondary N) is 1. The maximum Gasteiger partial charge on any atom is 0.272 e. The number of para-hydroxylation sites is 1. The first kappa shape index (κ1) is 23.1. The van der Waals surface area contributed by atoms with Crippen LogP contribution >= 0.6 is 0 Å². The van der Waals surface area contributed by atoms with E-state index >= 15 is 0 Å². The van der Waals surface area contributed by atoms with Crippen molar-refractivity contribution < 1.29 is 19.8 Å². The molecule has 1 heterocycles. The van der Waals surface area contributed by atoms with Crippen molar-refractivity contribution in [1.82, 2.24) is 20.2 Å². The summed E-state index contributed by atoms with van der Waals surface area (Å²) in [5, 5.41) is 22.5. The van der Waals surface area contributed by atoms with E-state index in [0.29, 0.717) is 31.5 Å². The average molecular weight is 415 g/mol. The third-order valence-electron chi connectivity index (χ3n) is 5.12. The summed E-state index contributed by atoms with van der Waals surface area (Å²) in [5.74, 6) is -1.05. The van der Waals surface area contributed by atoms with Crippen LogP contribution in [-0.2, 0) is 11.2 Å². The molecule has 8 nitrogen and oxygen atoms in total. The van der Waals surface area contributed by atoms with E-state index < -0.39 is 11.9 Å². The molecule has 0 radical (unpaired) electrons. The minimum absolute atomic E-state index is 0.0772. The molecule has 0 bridgehead atoms. The monoisotopic (exact) mass is 414 g/mol. The standard InChI is InChI=1S/C22H30N4O4/c1-4-12-26(13-9-16-7-6-8-18(27)20(16)28)22(30)19(15(3)5-2)25-21(29)17-14-23-10-11-24-17/h6-8,10-11,14-15,19,27-28H,4-5,9,12-13H2,1-3H3,(H,25,29)/t15?,19-/m0/s1. The van der Waals surface area contributed by atoms with E-state index in [0.717, 1.165) is 6.42 Å². The third-order valence-corrected chi connectivity index (χ3v) is 5.12. The summed E-state index contributed by atoms with van der Waals surface area (Å²) in [5.41, 5.74) is 0.720. The summed E-state index contributed by atoms with van der Waals surface area (Å²) < 4.78 is 0. The lowest BCUT2D eigenvalue weighted by molar-refractivity contribution is -0.134. The van der Waals surface area contributed by atoms with E-state index in [1.807, 2.05) is 20.8 Å². The van der Waals surface area contributed by atoms with Crippen LogP contribution in [0.2, 0.25) is 0 Å². The Labute approximate surface area is 177 Å². The number of phenolic OH excluding ortho intramolecular Hbond substituents is 2. The molecule has 30 heavy (non-hydrogen) atoms. The lowest BCUT2D eigenvalue weighted by Crippen LogP contribution is -2.52. The lowest BCUT2D eigenvalue weighted by Gasteiger charge is -2.30. The number of nitrogens with zero attached hydrogens (tertiary/aromatic N) is 3. The number of carbonyl (C=O) groups excluding carboxylic acids is 2.